The fourth-order valence-electron chi connectivity index (χ4n) is 9.67. The minimum atomic E-state index is 0.500. The second-order valence-electron chi connectivity index (χ2n) is 13.4. The molecule has 4 saturated carbocycles. The van der Waals surface area contributed by atoms with E-state index in [2.05, 4.69) is 52.2 Å². The molecular weight excluding hydrogens is 398 g/mol. The van der Waals surface area contributed by atoms with Crippen LogP contribution in [0.3, 0.4) is 0 Å². The smallest absolute Gasteiger partial charge is 0.0317 e. The Balaban J connectivity index is 1.31. The van der Waals surface area contributed by atoms with Gasteiger partial charge in [0.2, 0.25) is 0 Å². The summed E-state index contributed by atoms with van der Waals surface area (Å²) < 4.78 is 0. The molecule has 0 saturated heterocycles. The lowest BCUT2D eigenvalue weighted by Gasteiger charge is -2.60. The van der Waals surface area contributed by atoms with E-state index in [1.54, 1.807) is 12.8 Å². The van der Waals surface area contributed by atoms with Crippen LogP contribution in [0.15, 0.2) is 24.9 Å². The van der Waals surface area contributed by atoms with Crippen LogP contribution >= 0.6 is 0 Å². The number of hydrogen-bond donors (Lipinski definition) is 1. The summed E-state index contributed by atoms with van der Waals surface area (Å²) in [4.78, 5) is 0. The van der Waals surface area contributed by atoms with Crippen LogP contribution in [0.4, 0.5) is 0 Å². The van der Waals surface area contributed by atoms with Gasteiger partial charge in [0.1, 0.15) is 0 Å². The Bertz CT molecular complexity index is 680. The molecule has 0 aliphatic heterocycles. The molecule has 9 unspecified atom stereocenters. The molecule has 4 aliphatic rings. The first-order valence-electron chi connectivity index (χ1n) is 14.9. The van der Waals surface area contributed by atoms with E-state index >= 15 is 0 Å². The molecule has 9 atom stereocenters. The molecule has 0 aromatic carbocycles. The maximum atomic E-state index is 4.41. The predicted octanol–water partition coefficient (Wildman–Crippen LogP) is 9.30. The number of nitrogens with one attached hydrogen (secondary N) is 1. The van der Waals surface area contributed by atoms with Crippen molar-refractivity contribution in [3.63, 3.8) is 0 Å². The van der Waals surface area contributed by atoms with Gasteiger partial charge in [0.25, 0.3) is 0 Å². The zero-order chi connectivity index (χ0) is 23.6. The summed E-state index contributed by atoms with van der Waals surface area (Å²) in [5.41, 5.74) is 2.56. The molecule has 0 aromatic heterocycles. The van der Waals surface area contributed by atoms with E-state index in [1.165, 1.54) is 76.3 Å². The average molecular weight is 454 g/mol. The molecule has 0 amide bonds. The molecule has 0 spiro atoms. The van der Waals surface area contributed by atoms with Crippen molar-refractivity contribution < 1.29 is 0 Å². The standard InChI is InChI=1S/C32H55N/c1-7-12-30(23(3)8-2)33-24(4)13-11-15-26-17-19-28-27-18-16-25-14-9-10-21-31(25,5)29(27)20-22-32(26,28)6/h7,23,25-30,33H,1,4,8-22H2,2-3,5-6H3. The van der Waals surface area contributed by atoms with Gasteiger partial charge in [-0.2, -0.15) is 0 Å². The van der Waals surface area contributed by atoms with Gasteiger partial charge >= 0.3 is 0 Å². The predicted molar refractivity (Wildman–Crippen MR) is 144 cm³/mol. The Morgan fingerprint density at radius 2 is 1.79 bits per heavy atom. The van der Waals surface area contributed by atoms with Crippen molar-refractivity contribution in [1.82, 2.24) is 5.32 Å². The van der Waals surface area contributed by atoms with Gasteiger partial charge < -0.3 is 5.32 Å². The third-order valence-corrected chi connectivity index (χ3v) is 12.0. The van der Waals surface area contributed by atoms with Crippen LogP contribution in [-0.4, -0.2) is 6.04 Å². The van der Waals surface area contributed by atoms with E-state index < -0.39 is 0 Å². The van der Waals surface area contributed by atoms with Gasteiger partial charge in [0.05, 0.1) is 0 Å². The SMILES string of the molecule is C=CCC(NC(=C)CCCC1CCC2C3CCC4CCCCC4(C)C3CCC12C)C(C)CC. The molecule has 0 radical (unpaired) electrons. The van der Waals surface area contributed by atoms with E-state index in [9.17, 15) is 0 Å². The van der Waals surface area contributed by atoms with E-state index in [4.69, 9.17) is 0 Å². The maximum absolute atomic E-state index is 4.41. The number of fused-ring (bicyclic) bond motifs is 5. The third kappa shape index (κ3) is 4.86. The summed E-state index contributed by atoms with van der Waals surface area (Å²) in [7, 11) is 0. The highest BCUT2D eigenvalue weighted by Gasteiger charge is 2.59. The lowest BCUT2D eigenvalue weighted by atomic mass is 9.45. The van der Waals surface area contributed by atoms with E-state index in [1.807, 2.05) is 0 Å². The summed E-state index contributed by atoms with van der Waals surface area (Å²) in [5, 5.41) is 3.76. The summed E-state index contributed by atoms with van der Waals surface area (Å²) >= 11 is 0. The van der Waals surface area contributed by atoms with Crippen LogP contribution in [0.25, 0.3) is 0 Å². The fourth-order valence-corrected chi connectivity index (χ4v) is 9.67. The highest BCUT2D eigenvalue weighted by molar-refractivity contribution is 5.09. The van der Waals surface area contributed by atoms with Gasteiger partial charge in [-0.05, 0) is 123 Å². The first-order chi connectivity index (χ1) is 15.8. The van der Waals surface area contributed by atoms with Crippen molar-refractivity contribution in [1.29, 1.82) is 0 Å². The van der Waals surface area contributed by atoms with Crippen molar-refractivity contribution in [2.45, 2.75) is 130 Å². The van der Waals surface area contributed by atoms with Crippen LogP contribution < -0.4 is 5.32 Å². The third-order valence-electron chi connectivity index (χ3n) is 12.0. The van der Waals surface area contributed by atoms with Crippen LogP contribution in [0.2, 0.25) is 0 Å². The molecule has 0 bridgehead atoms. The van der Waals surface area contributed by atoms with Gasteiger partial charge in [0.15, 0.2) is 0 Å². The number of rotatable bonds is 10. The molecule has 4 rings (SSSR count). The molecule has 33 heavy (non-hydrogen) atoms. The summed E-state index contributed by atoms with van der Waals surface area (Å²) in [6, 6.07) is 0.500. The zero-order valence-electron chi connectivity index (χ0n) is 22.6. The van der Waals surface area contributed by atoms with Gasteiger partial charge in [-0.25, -0.2) is 0 Å². The van der Waals surface area contributed by atoms with Crippen LogP contribution in [0, 0.1) is 46.3 Å². The molecule has 4 aliphatic carbocycles. The van der Waals surface area contributed by atoms with Gasteiger partial charge in [-0.1, -0.05) is 59.6 Å². The van der Waals surface area contributed by atoms with E-state index in [-0.39, 0.29) is 0 Å². The molecule has 0 aromatic rings. The van der Waals surface area contributed by atoms with E-state index in [0.29, 0.717) is 22.8 Å². The molecule has 1 nitrogen and oxygen atoms in total. The Morgan fingerprint density at radius 3 is 2.55 bits per heavy atom. The Kier molecular flexibility index (Phi) is 8.07. The average Bonchev–Trinajstić information content (AvgIpc) is 3.14. The molecule has 1 heteroatoms. The summed E-state index contributed by atoms with van der Waals surface area (Å²) in [6.45, 7) is 18.5. The Hall–Kier alpha value is -0.720. The minimum Gasteiger partial charge on any atom is -0.386 e. The first-order valence-corrected chi connectivity index (χ1v) is 14.9. The molecule has 4 fully saturated rings. The summed E-state index contributed by atoms with van der Waals surface area (Å²) in [5.74, 6) is 5.77. The van der Waals surface area contributed by atoms with Gasteiger partial charge in [0, 0.05) is 11.7 Å². The lowest BCUT2D eigenvalue weighted by molar-refractivity contribution is -0.111. The van der Waals surface area contributed by atoms with Crippen molar-refractivity contribution in [2.24, 2.45) is 46.3 Å². The molecule has 188 valence electrons. The second-order valence-corrected chi connectivity index (χ2v) is 13.4. The van der Waals surface area contributed by atoms with Crippen molar-refractivity contribution in [3.05, 3.63) is 24.9 Å². The molecular formula is C32H55N. The zero-order valence-corrected chi connectivity index (χ0v) is 22.6. The quantitative estimate of drug-likeness (QED) is 0.325. The van der Waals surface area contributed by atoms with Crippen LogP contribution in [-0.2, 0) is 0 Å². The Labute approximate surface area is 206 Å². The van der Waals surface area contributed by atoms with Crippen molar-refractivity contribution >= 4 is 0 Å². The molecule has 1 N–H and O–H groups in total. The highest BCUT2D eigenvalue weighted by Crippen LogP contribution is 2.67. The normalized spacial score (nSPS) is 41.9. The van der Waals surface area contributed by atoms with Crippen LogP contribution in [0.1, 0.15) is 124 Å². The van der Waals surface area contributed by atoms with Gasteiger partial charge in [-0.15, -0.1) is 6.58 Å². The summed E-state index contributed by atoms with van der Waals surface area (Å²) in [6.07, 6.45) is 23.4. The topological polar surface area (TPSA) is 12.0 Å². The van der Waals surface area contributed by atoms with E-state index in [0.717, 1.165) is 42.4 Å². The largest absolute Gasteiger partial charge is 0.386 e. The first kappa shape index (κ1) is 25.4. The van der Waals surface area contributed by atoms with Crippen molar-refractivity contribution in [2.75, 3.05) is 0 Å². The second kappa shape index (κ2) is 10.5. The highest BCUT2D eigenvalue weighted by atomic mass is 14.9. The lowest BCUT2D eigenvalue weighted by Crippen LogP contribution is -2.52. The molecule has 0 heterocycles. The Morgan fingerprint density at radius 1 is 1.00 bits per heavy atom. The minimum absolute atomic E-state index is 0.500. The number of allylic oxidation sites excluding steroid dienone is 1. The van der Waals surface area contributed by atoms with Crippen LogP contribution in [0.5, 0.6) is 0 Å². The fraction of sp³-hybridized carbons (Fsp3) is 0.875. The number of hydrogen-bond acceptors (Lipinski definition) is 1. The monoisotopic (exact) mass is 453 g/mol. The van der Waals surface area contributed by atoms with Crippen molar-refractivity contribution in [3.8, 4) is 0 Å². The van der Waals surface area contributed by atoms with Gasteiger partial charge in [-0.3, -0.25) is 0 Å². The maximum Gasteiger partial charge on any atom is 0.0317 e.